The molecule has 2 unspecified atom stereocenters. The average molecular weight is 269 g/mol. The molecule has 0 spiro atoms. The van der Waals surface area contributed by atoms with Crippen molar-refractivity contribution in [2.45, 2.75) is 44.2 Å². The molecular formula is C18H23NO. The molecule has 2 aliphatic heterocycles. The molecule has 0 aliphatic carbocycles. The van der Waals surface area contributed by atoms with E-state index in [0.29, 0.717) is 17.7 Å². The maximum Gasteiger partial charge on any atom is 0.166 e. The zero-order valence-corrected chi connectivity index (χ0v) is 12.2. The van der Waals surface area contributed by atoms with Crippen LogP contribution in [0.25, 0.3) is 5.57 Å². The van der Waals surface area contributed by atoms with Gasteiger partial charge in [-0.1, -0.05) is 43.3 Å². The fourth-order valence-electron chi connectivity index (χ4n) is 3.86. The summed E-state index contributed by atoms with van der Waals surface area (Å²) in [5.74, 6) is 0.440. The lowest BCUT2D eigenvalue weighted by Crippen LogP contribution is -2.51. The third-order valence-electron chi connectivity index (χ3n) is 5.13. The predicted molar refractivity (Wildman–Crippen MR) is 82.4 cm³/mol. The molecule has 2 saturated heterocycles. The summed E-state index contributed by atoms with van der Waals surface area (Å²) in [6.07, 6.45) is 5.83. The van der Waals surface area contributed by atoms with Crippen molar-refractivity contribution >= 4 is 11.4 Å². The summed E-state index contributed by atoms with van der Waals surface area (Å²) in [6, 6.07) is 11.1. The first-order valence-electron chi connectivity index (χ1n) is 7.67. The molecular weight excluding hydrogens is 246 g/mol. The van der Waals surface area contributed by atoms with E-state index in [-0.39, 0.29) is 11.7 Å². The van der Waals surface area contributed by atoms with Gasteiger partial charge in [0.2, 0.25) is 0 Å². The number of fused-ring (bicyclic) bond motifs is 2. The van der Waals surface area contributed by atoms with Crippen LogP contribution in [0.2, 0.25) is 0 Å². The molecule has 2 fully saturated rings. The number of nitrogens with zero attached hydrogens (tertiary/aromatic N) is 1. The molecule has 2 nitrogen and oxygen atoms in total. The van der Waals surface area contributed by atoms with Gasteiger partial charge >= 0.3 is 0 Å². The summed E-state index contributed by atoms with van der Waals surface area (Å²) >= 11 is 0. The molecule has 0 amide bonds. The molecule has 0 radical (unpaired) electrons. The second kappa shape index (κ2) is 5.53. The highest BCUT2D eigenvalue weighted by Gasteiger charge is 2.39. The maximum atomic E-state index is 12.7. The van der Waals surface area contributed by atoms with Crippen LogP contribution in [0.1, 0.15) is 37.7 Å². The lowest BCUT2D eigenvalue weighted by Gasteiger charge is -2.46. The molecule has 1 aromatic rings. The molecule has 2 aliphatic rings. The van der Waals surface area contributed by atoms with Crippen LogP contribution < -0.4 is 0 Å². The molecule has 0 N–H and O–H groups in total. The minimum absolute atomic E-state index is 0.175. The summed E-state index contributed by atoms with van der Waals surface area (Å²) < 4.78 is 0. The molecule has 2 atom stereocenters. The number of rotatable bonds is 3. The fraction of sp³-hybridized carbons (Fsp3) is 0.500. The van der Waals surface area contributed by atoms with Gasteiger partial charge in [0.1, 0.15) is 0 Å². The van der Waals surface area contributed by atoms with Crippen molar-refractivity contribution in [2.75, 3.05) is 7.05 Å². The number of benzene rings is 1. The summed E-state index contributed by atoms with van der Waals surface area (Å²) in [4.78, 5) is 15.2. The third kappa shape index (κ3) is 2.45. The van der Waals surface area contributed by atoms with E-state index in [1.165, 1.54) is 19.3 Å². The van der Waals surface area contributed by atoms with Crippen molar-refractivity contribution in [3.63, 3.8) is 0 Å². The maximum absolute atomic E-state index is 12.7. The van der Waals surface area contributed by atoms with Crippen molar-refractivity contribution < 1.29 is 4.79 Å². The highest BCUT2D eigenvalue weighted by Crippen LogP contribution is 2.37. The van der Waals surface area contributed by atoms with E-state index in [0.717, 1.165) is 18.4 Å². The van der Waals surface area contributed by atoms with Crippen LogP contribution in [0.5, 0.6) is 0 Å². The molecule has 3 rings (SSSR count). The van der Waals surface area contributed by atoms with E-state index in [4.69, 9.17) is 0 Å². The van der Waals surface area contributed by atoms with E-state index >= 15 is 0 Å². The van der Waals surface area contributed by atoms with Gasteiger partial charge in [-0.05, 0) is 38.3 Å². The predicted octanol–water partition coefficient (Wildman–Crippen LogP) is 3.53. The summed E-state index contributed by atoms with van der Waals surface area (Å²) in [7, 11) is 2.22. The Bertz CT molecular complexity index is 493. The number of piperidine rings is 2. The van der Waals surface area contributed by atoms with Crippen molar-refractivity contribution in [3.05, 3.63) is 42.5 Å². The van der Waals surface area contributed by atoms with Crippen molar-refractivity contribution in [1.82, 2.24) is 4.90 Å². The van der Waals surface area contributed by atoms with Gasteiger partial charge in [-0.25, -0.2) is 0 Å². The van der Waals surface area contributed by atoms with Crippen LogP contribution in [-0.4, -0.2) is 29.8 Å². The minimum atomic E-state index is 0.175. The number of allylic oxidation sites excluding steroid dienone is 1. The molecule has 1 aromatic carbocycles. The smallest absolute Gasteiger partial charge is 0.166 e. The van der Waals surface area contributed by atoms with Crippen LogP contribution in [0.4, 0.5) is 0 Å². The summed E-state index contributed by atoms with van der Waals surface area (Å²) in [6.45, 7) is 4.05. The first-order valence-corrected chi connectivity index (χ1v) is 7.67. The van der Waals surface area contributed by atoms with E-state index in [9.17, 15) is 4.79 Å². The Labute approximate surface area is 121 Å². The molecule has 2 bridgehead atoms. The molecule has 0 aromatic heterocycles. The van der Waals surface area contributed by atoms with Crippen LogP contribution in [0.15, 0.2) is 36.9 Å². The highest BCUT2D eigenvalue weighted by molar-refractivity contribution is 6.21. The van der Waals surface area contributed by atoms with E-state index in [1.807, 2.05) is 30.3 Å². The number of carbonyl (C=O) groups excluding carboxylic acids is 1. The van der Waals surface area contributed by atoms with Gasteiger partial charge in [0.05, 0.1) is 0 Å². The van der Waals surface area contributed by atoms with E-state index < -0.39 is 0 Å². The quantitative estimate of drug-likeness (QED) is 0.782. The normalized spacial score (nSPS) is 29.9. The SMILES string of the molecule is C=C(C(=O)C1CC2CCCC(C1)N2C)c1ccccc1. The lowest BCUT2D eigenvalue weighted by atomic mass is 9.75. The standard InChI is InChI=1S/C18H23NO/c1-13(14-7-4-3-5-8-14)18(20)15-11-16-9-6-10-17(12-15)19(16)2/h3-5,7-8,15-17H,1,6,9-12H2,2H3. The van der Waals surface area contributed by atoms with Gasteiger partial charge in [0, 0.05) is 23.6 Å². The molecule has 106 valence electrons. The first-order chi connectivity index (χ1) is 9.66. The first kappa shape index (κ1) is 13.6. The Morgan fingerprint density at radius 3 is 2.35 bits per heavy atom. The topological polar surface area (TPSA) is 20.3 Å². The zero-order chi connectivity index (χ0) is 14.1. The summed E-state index contributed by atoms with van der Waals surface area (Å²) in [5, 5.41) is 0. The van der Waals surface area contributed by atoms with E-state index in [1.54, 1.807) is 0 Å². The summed E-state index contributed by atoms with van der Waals surface area (Å²) in [5.41, 5.74) is 1.67. The second-order valence-electron chi connectivity index (χ2n) is 6.28. The molecule has 2 heterocycles. The highest BCUT2D eigenvalue weighted by atomic mass is 16.1. The van der Waals surface area contributed by atoms with Gasteiger partial charge in [0.15, 0.2) is 5.78 Å². The molecule has 20 heavy (non-hydrogen) atoms. The van der Waals surface area contributed by atoms with Crippen molar-refractivity contribution in [1.29, 1.82) is 0 Å². The van der Waals surface area contributed by atoms with E-state index in [2.05, 4.69) is 18.5 Å². The number of hydrogen-bond acceptors (Lipinski definition) is 2. The number of hydrogen-bond donors (Lipinski definition) is 0. The minimum Gasteiger partial charge on any atom is -0.300 e. The number of carbonyl (C=O) groups is 1. The Hall–Kier alpha value is -1.41. The molecule has 0 saturated carbocycles. The van der Waals surface area contributed by atoms with Gasteiger partial charge in [-0.15, -0.1) is 0 Å². The average Bonchev–Trinajstić information content (AvgIpc) is 2.46. The third-order valence-corrected chi connectivity index (χ3v) is 5.13. The second-order valence-corrected chi connectivity index (χ2v) is 6.28. The number of Topliss-reactive ketones (excluding diaryl/α,β-unsaturated/α-hetero) is 1. The van der Waals surface area contributed by atoms with Crippen molar-refractivity contribution in [2.24, 2.45) is 5.92 Å². The monoisotopic (exact) mass is 269 g/mol. The van der Waals surface area contributed by atoms with Gasteiger partial charge in [0.25, 0.3) is 0 Å². The largest absolute Gasteiger partial charge is 0.300 e. The Morgan fingerprint density at radius 2 is 1.75 bits per heavy atom. The lowest BCUT2D eigenvalue weighted by molar-refractivity contribution is -0.120. The van der Waals surface area contributed by atoms with Gasteiger partial charge in [-0.3, -0.25) is 4.79 Å². The Kier molecular flexibility index (Phi) is 3.75. The zero-order valence-electron chi connectivity index (χ0n) is 12.2. The van der Waals surface area contributed by atoms with Gasteiger partial charge in [-0.2, -0.15) is 0 Å². The number of ketones is 1. The van der Waals surface area contributed by atoms with Gasteiger partial charge < -0.3 is 4.90 Å². The van der Waals surface area contributed by atoms with Crippen LogP contribution >= 0.6 is 0 Å². The Morgan fingerprint density at radius 1 is 1.15 bits per heavy atom. The molecule has 2 heteroatoms. The fourth-order valence-corrected chi connectivity index (χ4v) is 3.86. The van der Waals surface area contributed by atoms with Crippen LogP contribution in [-0.2, 0) is 4.79 Å². The van der Waals surface area contributed by atoms with Crippen molar-refractivity contribution in [3.8, 4) is 0 Å². The Balaban J connectivity index is 1.74. The van der Waals surface area contributed by atoms with Crippen LogP contribution in [0, 0.1) is 5.92 Å². The van der Waals surface area contributed by atoms with Crippen LogP contribution in [0.3, 0.4) is 0 Å².